The summed E-state index contributed by atoms with van der Waals surface area (Å²) in [5, 5.41) is 2.79. The van der Waals surface area contributed by atoms with Crippen molar-refractivity contribution in [1.29, 1.82) is 0 Å². The van der Waals surface area contributed by atoms with E-state index in [0.717, 1.165) is 22.7 Å². The summed E-state index contributed by atoms with van der Waals surface area (Å²) in [7, 11) is -3.64. The molecule has 0 radical (unpaired) electrons. The quantitative estimate of drug-likeness (QED) is 0.480. The fourth-order valence-corrected chi connectivity index (χ4v) is 4.50. The zero-order chi connectivity index (χ0) is 20.7. The number of nitrogens with zero attached hydrogens (tertiary/aromatic N) is 1. The normalized spacial score (nSPS) is 13.0. The van der Waals surface area contributed by atoms with Crippen molar-refractivity contribution < 1.29 is 22.7 Å². The highest BCUT2D eigenvalue weighted by molar-refractivity contribution is 7.99. The van der Waals surface area contributed by atoms with E-state index in [9.17, 15) is 13.2 Å². The Hall–Kier alpha value is -2.39. The van der Waals surface area contributed by atoms with E-state index in [1.165, 1.54) is 4.90 Å². The highest BCUT2D eigenvalue weighted by atomic mass is 32.2. The van der Waals surface area contributed by atoms with Crippen LogP contribution in [0.25, 0.3) is 0 Å². The zero-order valence-corrected chi connectivity index (χ0v) is 17.8. The Kier molecular flexibility index (Phi) is 7.27. The van der Waals surface area contributed by atoms with E-state index in [1.807, 2.05) is 30.3 Å². The molecule has 0 aliphatic carbocycles. The van der Waals surface area contributed by atoms with Crippen LogP contribution in [0.3, 0.4) is 0 Å². The molecule has 29 heavy (non-hydrogen) atoms. The van der Waals surface area contributed by atoms with Crippen LogP contribution in [0.5, 0.6) is 11.5 Å². The number of rotatable bonds is 9. The average molecular weight is 437 g/mol. The molecule has 1 aliphatic rings. The molecule has 0 bridgehead atoms. The molecule has 1 N–H and O–H groups in total. The predicted octanol–water partition coefficient (Wildman–Crippen LogP) is 2.52. The van der Waals surface area contributed by atoms with Crippen LogP contribution in [0.4, 0.5) is 5.69 Å². The largest absolute Gasteiger partial charge is 0.486 e. The van der Waals surface area contributed by atoms with Crippen molar-refractivity contribution in [3.05, 3.63) is 48.5 Å². The molecular weight excluding hydrogens is 412 g/mol. The number of nitrogens with one attached hydrogen (secondary N) is 1. The van der Waals surface area contributed by atoms with Gasteiger partial charge in [-0.2, -0.15) is 0 Å². The molecule has 156 valence electrons. The van der Waals surface area contributed by atoms with Crippen molar-refractivity contribution >= 4 is 33.4 Å². The molecule has 3 rings (SSSR count). The summed E-state index contributed by atoms with van der Waals surface area (Å²) in [5.41, 5.74) is 0.367. The third-order valence-electron chi connectivity index (χ3n) is 4.16. The van der Waals surface area contributed by atoms with E-state index < -0.39 is 10.0 Å². The molecule has 1 amide bonds. The van der Waals surface area contributed by atoms with Crippen molar-refractivity contribution in [1.82, 2.24) is 5.32 Å². The molecule has 0 aromatic heterocycles. The van der Waals surface area contributed by atoms with Crippen LogP contribution in [0, 0.1) is 0 Å². The summed E-state index contributed by atoms with van der Waals surface area (Å²) in [6, 6.07) is 14.9. The molecule has 0 atom stereocenters. The number of sulfonamides is 1. The molecule has 0 fully saturated rings. The van der Waals surface area contributed by atoms with E-state index in [1.54, 1.807) is 30.0 Å². The van der Waals surface area contributed by atoms with Gasteiger partial charge >= 0.3 is 0 Å². The monoisotopic (exact) mass is 436 g/mol. The Morgan fingerprint density at radius 2 is 1.83 bits per heavy atom. The van der Waals surface area contributed by atoms with Crippen molar-refractivity contribution in [2.75, 3.05) is 42.6 Å². The summed E-state index contributed by atoms with van der Waals surface area (Å²) in [4.78, 5) is 13.5. The maximum Gasteiger partial charge on any atom is 0.240 e. The molecule has 9 heteroatoms. The highest BCUT2D eigenvalue weighted by Crippen LogP contribution is 2.34. The van der Waals surface area contributed by atoms with Gasteiger partial charge in [0.05, 0.1) is 11.9 Å². The molecule has 2 aromatic rings. The number of anilines is 1. The van der Waals surface area contributed by atoms with Gasteiger partial charge in [0.25, 0.3) is 0 Å². The van der Waals surface area contributed by atoms with Gasteiger partial charge in [0.15, 0.2) is 11.5 Å². The lowest BCUT2D eigenvalue weighted by Gasteiger charge is -2.24. The van der Waals surface area contributed by atoms with Crippen LogP contribution < -0.4 is 19.1 Å². The number of carbonyl (C=O) groups is 1. The van der Waals surface area contributed by atoms with E-state index in [2.05, 4.69) is 5.32 Å². The Balaban J connectivity index is 1.53. The smallest absolute Gasteiger partial charge is 0.240 e. The summed E-state index contributed by atoms with van der Waals surface area (Å²) >= 11 is 1.72. The number of amides is 1. The van der Waals surface area contributed by atoms with Crippen LogP contribution in [-0.4, -0.2) is 52.6 Å². The van der Waals surface area contributed by atoms with Gasteiger partial charge < -0.3 is 14.8 Å². The van der Waals surface area contributed by atoms with Gasteiger partial charge in [-0.3, -0.25) is 9.10 Å². The molecule has 1 heterocycles. The molecule has 1 aliphatic heterocycles. The van der Waals surface area contributed by atoms with Gasteiger partial charge in [-0.25, -0.2) is 8.42 Å². The molecule has 0 spiro atoms. The molecule has 0 saturated heterocycles. The molecule has 0 unspecified atom stereocenters. The number of fused-ring (bicyclic) bond motifs is 1. The first-order valence-corrected chi connectivity index (χ1v) is 12.1. The molecular formula is C20H24N2O5S2. The van der Waals surface area contributed by atoms with E-state index >= 15 is 0 Å². The van der Waals surface area contributed by atoms with E-state index in [0.29, 0.717) is 36.9 Å². The zero-order valence-electron chi connectivity index (χ0n) is 16.2. The van der Waals surface area contributed by atoms with Crippen molar-refractivity contribution in [3.63, 3.8) is 0 Å². The van der Waals surface area contributed by atoms with Gasteiger partial charge in [-0.05, 0) is 36.4 Å². The number of carbonyl (C=O) groups excluding carboxylic acids is 1. The molecule has 2 aromatic carbocycles. The van der Waals surface area contributed by atoms with Gasteiger partial charge in [-0.1, -0.05) is 18.2 Å². The van der Waals surface area contributed by atoms with Crippen LogP contribution in [0.1, 0.15) is 6.42 Å². The number of hydrogen-bond donors (Lipinski definition) is 1. The predicted molar refractivity (Wildman–Crippen MR) is 114 cm³/mol. The van der Waals surface area contributed by atoms with Crippen molar-refractivity contribution in [2.45, 2.75) is 11.3 Å². The summed E-state index contributed by atoms with van der Waals surface area (Å²) in [6.45, 7) is 1.05. The highest BCUT2D eigenvalue weighted by Gasteiger charge is 2.23. The lowest BCUT2D eigenvalue weighted by molar-refractivity contribution is -0.119. The van der Waals surface area contributed by atoms with Gasteiger partial charge in [0.2, 0.25) is 15.9 Å². The second-order valence-corrected chi connectivity index (χ2v) is 9.54. The Bertz CT molecular complexity index is 935. The molecule has 7 nitrogen and oxygen atoms in total. The van der Waals surface area contributed by atoms with Gasteiger partial charge in [0.1, 0.15) is 19.8 Å². The number of hydrogen-bond acceptors (Lipinski definition) is 6. The molecule has 0 saturated carbocycles. The first kappa shape index (κ1) is 21.3. The minimum atomic E-state index is -3.64. The minimum absolute atomic E-state index is 0.287. The van der Waals surface area contributed by atoms with Gasteiger partial charge in [0, 0.05) is 17.5 Å². The maximum atomic E-state index is 12.3. The topological polar surface area (TPSA) is 84.9 Å². The lowest BCUT2D eigenvalue weighted by atomic mass is 10.2. The first-order chi connectivity index (χ1) is 13.9. The first-order valence-electron chi connectivity index (χ1n) is 9.25. The van der Waals surface area contributed by atoms with Crippen molar-refractivity contribution in [3.8, 4) is 11.5 Å². The number of thioether (sulfide) groups is 1. The number of benzene rings is 2. The SMILES string of the molecule is CS(=O)(=O)N(CC(=O)NCCCSc1ccccc1)c1ccc2c(c1)OCCO2. The number of ether oxygens (including phenoxy) is 2. The minimum Gasteiger partial charge on any atom is -0.486 e. The maximum absolute atomic E-state index is 12.3. The van der Waals surface area contributed by atoms with Crippen molar-refractivity contribution in [2.24, 2.45) is 0 Å². The third-order valence-corrected chi connectivity index (χ3v) is 6.40. The summed E-state index contributed by atoms with van der Waals surface area (Å²) < 4.78 is 36.5. The van der Waals surface area contributed by atoms with Crippen LogP contribution in [-0.2, 0) is 14.8 Å². The van der Waals surface area contributed by atoms with Crippen LogP contribution in [0.2, 0.25) is 0 Å². The standard InChI is InChI=1S/C20H24N2O5S2/c1-29(24,25)22(16-8-9-18-19(14-16)27-12-11-26-18)15-20(23)21-10-5-13-28-17-6-3-2-4-7-17/h2-4,6-9,14H,5,10-13,15H2,1H3,(H,21,23). The second-order valence-electron chi connectivity index (χ2n) is 6.46. The second kappa shape index (κ2) is 9.89. The Morgan fingerprint density at radius 1 is 1.10 bits per heavy atom. The fourth-order valence-electron chi connectivity index (χ4n) is 2.78. The van der Waals surface area contributed by atoms with E-state index in [-0.39, 0.29) is 12.5 Å². The average Bonchev–Trinajstić information content (AvgIpc) is 2.71. The van der Waals surface area contributed by atoms with E-state index in [4.69, 9.17) is 9.47 Å². The van der Waals surface area contributed by atoms with Gasteiger partial charge in [-0.15, -0.1) is 11.8 Å². The Morgan fingerprint density at radius 3 is 2.55 bits per heavy atom. The Labute approximate surface area is 175 Å². The summed E-state index contributed by atoms with van der Waals surface area (Å²) in [5.74, 6) is 1.55. The van der Waals surface area contributed by atoms with Crippen LogP contribution in [0.15, 0.2) is 53.4 Å². The third kappa shape index (κ3) is 6.30. The fraction of sp³-hybridized carbons (Fsp3) is 0.350. The van der Waals surface area contributed by atoms with Crippen LogP contribution >= 0.6 is 11.8 Å². The lowest BCUT2D eigenvalue weighted by Crippen LogP contribution is -2.40. The summed E-state index contributed by atoms with van der Waals surface area (Å²) in [6.07, 6.45) is 1.86.